The number of hydrogen-bond acceptors (Lipinski definition) is 4. The molecule has 0 bridgehead atoms. The lowest BCUT2D eigenvalue weighted by Crippen LogP contribution is -3.00. The molecule has 0 aliphatic heterocycles. The predicted molar refractivity (Wildman–Crippen MR) is 135 cm³/mol. The normalized spacial score (nSPS) is 11.9. The SMILES string of the molecule is C=CC[N+](CC=C)(CCCCCCCCCCCC)CC(O)CN(CCC#N)CCC#N.[Cl-]. The number of unbranched alkanes of at least 4 members (excludes halogenated alkanes) is 9. The minimum absolute atomic E-state index is 0. The van der Waals surface area contributed by atoms with E-state index in [0.29, 0.717) is 39.0 Å². The molecular formula is C27H49ClN4O. The second-order valence-electron chi connectivity index (χ2n) is 9.14. The summed E-state index contributed by atoms with van der Waals surface area (Å²) in [6, 6.07) is 4.32. The van der Waals surface area contributed by atoms with E-state index in [2.05, 4.69) is 32.2 Å². The van der Waals surface area contributed by atoms with Crippen molar-refractivity contribution < 1.29 is 22.0 Å². The van der Waals surface area contributed by atoms with Crippen LogP contribution in [0.3, 0.4) is 0 Å². The zero-order chi connectivity index (χ0) is 23.9. The van der Waals surface area contributed by atoms with Crippen LogP contribution in [0.5, 0.6) is 0 Å². The molecule has 0 rings (SSSR count). The Morgan fingerprint density at radius 1 is 0.848 bits per heavy atom. The molecule has 0 heterocycles. The Morgan fingerprint density at radius 3 is 1.73 bits per heavy atom. The van der Waals surface area contributed by atoms with Crippen molar-refractivity contribution in [2.75, 3.05) is 45.8 Å². The van der Waals surface area contributed by atoms with Crippen molar-refractivity contribution in [1.82, 2.24) is 4.90 Å². The molecule has 1 atom stereocenters. The summed E-state index contributed by atoms with van der Waals surface area (Å²) in [5, 5.41) is 28.7. The third kappa shape index (κ3) is 18.7. The van der Waals surface area contributed by atoms with Crippen LogP contribution in [0.2, 0.25) is 0 Å². The lowest BCUT2D eigenvalue weighted by Gasteiger charge is -2.39. The van der Waals surface area contributed by atoms with Gasteiger partial charge in [0, 0.05) is 32.5 Å². The topological polar surface area (TPSA) is 71.0 Å². The van der Waals surface area contributed by atoms with Gasteiger partial charge in [-0.3, -0.25) is 4.90 Å². The van der Waals surface area contributed by atoms with Crippen molar-refractivity contribution in [3.05, 3.63) is 25.3 Å². The van der Waals surface area contributed by atoms with Gasteiger partial charge >= 0.3 is 0 Å². The van der Waals surface area contributed by atoms with E-state index in [1.807, 2.05) is 17.1 Å². The predicted octanol–water partition coefficient (Wildman–Crippen LogP) is 2.59. The largest absolute Gasteiger partial charge is 1.00 e. The highest BCUT2D eigenvalue weighted by molar-refractivity contribution is 4.79. The van der Waals surface area contributed by atoms with Crippen LogP contribution >= 0.6 is 0 Å². The van der Waals surface area contributed by atoms with Crippen LogP contribution in [0, 0.1) is 22.7 Å². The van der Waals surface area contributed by atoms with Gasteiger partial charge in [-0.15, -0.1) is 0 Å². The number of aliphatic hydroxyl groups is 1. The molecule has 33 heavy (non-hydrogen) atoms. The standard InChI is InChI=1S/C27H49N4O.ClH/c1-4-7-8-9-10-11-12-13-14-15-24-31(22-5-2,23-6-3)26-27(32)25-30(20-16-18-28)21-17-19-29;/h5-6,27,32H,2-4,7-17,20-26H2,1H3;1H/q+1;/p-1. The number of rotatable bonds is 23. The number of aliphatic hydroxyl groups excluding tert-OH is 1. The fraction of sp³-hybridized carbons (Fsp3) is 0.778. The first-order chi connectivity index (χ1) is 15.6. The van der Waals surface area contributed by atoms with E-state index in [9.17, 15) is 5.11 Å². The van der Waals surface area contributed by atoms with Gasteiger partial charge in [0.05, 0.1) is 31.8 Å². The van der Waals surface area contributed by atoms with Gasteiger partial charge in [0.25, 0.3) is 0 Å². The Bertz CT molecular complexity index is 527. The molecule has 0 saturated carbocycles. The Kier molecular flexibility index (Phi) is 24.4. The van der Waals surface area contributed by atoms with Gasteiger partial charge in [0.15, 0.2) is 0 Å². The molecule has 0 aromatic carbocycles. The van der Waals surface area contributed by atoms with Gasteiger partial charge in [0.2, 0.25) is 0 Å². The van der Waals surface area contributed by atoms with Crippen LogP contribution in [-0.2, 0) is 0 Å². The Balaban J connectivity index is 0. The lowest BCUT2D eigenvalue weighted by atomic mass is 10.1. The van der Waals surface area contributed by atoms with E-state index < -0.39 is 6.10 Å². The van der Waals surface area contributed by atoms with Gasteiger partial charge in [-0.05, 0) is 25.0 Å². The average molecular weight is 481 g/mol. The first-order valence-electron chi connectivity index (χ1n) is 12.8. The van der Waals surface area contributed by atoms with E-state index in [4.69, 9.17) is 10.5 Å². The summed E-state index contributed by atoms with van der Waals surface area (Å²) in [7, 11) is 0. The molecule has 6 heteroatoms. The molecule has 0 aliphatic rings. The van der Waals surface area contributed by atoms with Crippen molar-refractivity contribution in [3.63, 3.8) is 0 Å². The third-order valence-electron chi connectivity index (χ3n) is 6.17. The number of halogens is 1. The van der Waals surface area contributed by atoms with Crippen LogP contribution in [0.25, 0.3) is 0 Å². The van der Waals surface area contributed by atoms with Crippen molar-refractivity contribution >= 4 is 0 Å². The molecule has 5 nitrogen and oxygen atoms in total. The highest BCUT2D eigenvalue weighted by Gasteiger charge is 2.28. The summed E-state index contributed by atoms with van der Waals surface area (Å²) in [5.74, 6) is 0. The second-order valence-corrected chi connectivity index (χ2v) is 9.14. The molecule has 1 unspecified atom stereocenters. The maximum Gasteiger partial charge on any atom is 0.116 e. The number of quaternary nitrogens is 1. The average Bonchev–Trinajstić information content (AvgIpc) is 2.77. The molecule has 0 amide bonds. The van der Waals surface area contributed by atoms with Crippen LogP contribution in [0.15, 0.2) is 25.3 Å². The smallest absolute Gasteiger partial charge is 0.116 e. The van der Waals surface area contributed by atoms with Crippen molar-refractivity contribution in [3.8, 4) is 12.1 Å². The highest BCUT2D eigenvalue weighted by Crippen LogP contribution is 2.16. The molecule has 0 aromatic rings. The highest BCUT2D eigenvalue weighted by atomic mass is 35.5. The summed E-state index contributed by atoms with van der Waals surface area (Å²) in [4.78, 5) is 2.04. The van der Waals surface area contributed by atoms with E-state index >= 15 is 0 Å². The van der Waals surface area contributed by atoms with Crippen molar-refractivity contribution in [1.29, 1.82) is 10.5 Å². The summed E-state index contributed by atoms with van der Waals surface area (Å²) < 4.78 is 0.773. The summed E-state index contributed by atoms with van der Waals surface area (Å²) in [6.45, 7) is 15.2. The lowest BCUT2D eigenvalue weighted by molar-refractivity contribution is -0.920. The van der Waals surface area contributed by atoms with Gasteiger partial charge in [-0.25, -0.2) is 0 Å². The van der Waals surface area contributed by atoms with Crippen molar-refractivity contribution in [2.45, 2.75) is 90.1 Å². The van der Waals surface area contributed by atoms with Crippen molar-refractivity contribution in [2.24, 2.45) is 0 Å². The first kappa shape index (κ1) is 33.8. The van der Waals surface area contributed by atoms with Gasteiger partial charge in [0.1, 0.15) is 12.6 Å². The van der Waals surface area contributed by atoms with Gasteiger partial charge < -0.3 is 22.0 Å². The monoisotopic (exact) mass is 480 g/mol. The summed E-state index contributed by atoms with van der Waals surface area (Å²) in [5.41, 5.74) is 0. The molecule has 0 aliphatic carbocycles. The molecule has 0 spiro atoms. The Hall–Kier alpha value is -1.37. The van der Waals surface area contributed by atoms with E-state index in [1.165, 1.54) is 57.8 Å². The number of nitrogens with zero attached hydrogens (tertiary/aromatic N) is 4. The quantitative estimate of drug-likeness (QED) is 0.139. The molecule has 190 valence electrons. The Labute approximate surface area is 210 Å². The van der Waals surface area contributed by atoms with Gasteiger partial charge in [-0.2, -0.15) is 10.5 Å². The van der Waals surface area contributed by atoms with Crippen LogP contribution in [-0.4, -0.2) is 66.4 Å². The van der Waals surface area contributed by atoms with Gasteiger partial charge in [-0.1, -0.05) is 71.4 Å². The fourth-order valence-corrected chi connectivity index (χ4v) is 4.49. The van der Waals surface area contributed by atoms with Crippen LogP contribution in [0.1, 0.15) is 84.0 Å². The maximum atomic E-state index is 10.9. The molecular weight excluding hydrogens is 432 g/mol. The molecule has 1 N–H and O–H groups in total. The van der Waals surface area contributed by atoms with E-state index in [1.54, 1.807) is 0 Å². The zero-order valence-corrected chi connectivity index (χ0v) is 22.0. The summed E-state index contributed by atoms with van der Waals surface area (Å²) in [6.07, 6.45) is 17.4. The van der Waals surface area contributed by atoms with Crippen LogP contribution in [0.4, 0.5) is 0 Å². The number of hydrogen-bond donors (Lipinski definition) is 1. The second kappa shape index (κ2) is 23.8. The minimum Gasteiger partial charge on any atom is -1.00 e. The van der Waals surface area contributed by atoms with E-state index in [0.717, 1.165) is 30.5 Å². The Morgan fingerprint density at radius 2 is 1.30 bits per heavy atom. The number of nitriles is 2. The summed E-state index contributed by atoms with van der Waals surface area (Å²) >= 11 is 0. The molecule has 0 fully saturated rings. The molecule has 0 saturated heterocycles. The zero-order valence-electron chi connectivity index (χ0n) is 21.2. The fourth-order valence-electron chi connectivity index (χ4n) is 4.49. The third-order valence-corrected chi connectivity index (χ3v) is 6.17. The molecule has 0 aromatic heterocycles. The van der Waals surface area contributed by atoms with E-state index in [-0.39, 0.29) is 12.4 Å². The first-order valence-corrected chi connectivity index (χ1v) is 12.8. The molecule has 0 radical (unpaired) electrons. The minimum atomic E-state index is -0.504. The maximum absolute atomic E-state index is 10.9. The van der Waals surface area contributed by atoms with Crippen LogP contribution < -0.4 is 12.4 Å².